The molecule has 3 aromatic rings. The summed E-state index contributed by atoms with van der Waals surface area (Å²) in [6.45, 7) is 0. The first-order chi connectivity index (χ1) is 12.6. The third kappa shape index (κ3) is 3.13. The highest BCUT2D eigenvalue weighted by Crippen LogP contribution is 2.38. The van der Waals surface area contributed by atoms with Crippen LogP contribution in [-0.2, 0) is 7.05 Å². The van der Waals surface area contributed by atoms with Crippen molar-refractivity contribution in [2.24, 2.45) is 13.0 Å². The highest BCUT2D eigenvalue weighted by Gasteiger charge is 2.36. The number of H-pyrrole nitrogens is 1. The molecule has 26 heavy (non-hydrogen) atoms. The molecule has 1 aliphatic rings. The van der Waals surface area contributed by atoms with Crippen LogP contribution in [-0.4, -0.2) is 37.1 Å². The van der Waals surface area contributed by atoms with Crippen LogP contribution >= 0.6 is 0 Å². The highest BCUT2D eigenvalue weighted by atomic mass is 16.3. The van der Waals surface area contributed by atoms with Crippen LogP contribution in [0, 0.1) is 5.92 Å². The summed E-state index contributed by atoms with van der Waals surface area (Å²) in [4.78, 5) is 13.0. The molecule has 1 fully saturated rings. The van der Waals surface area contributed by atoms with Crippen LogP contribution in [0.2, 0.25) is 0 Å². The van der Waals surface area contributed by atoms with E-state index in [9.17, 15) is 9.90 Å². The van der Waals surface area contributed by atoms with Crippen molar-refractivity contribution in [2.45, 2.75) is 25.0 Å². The van der Waals surface area contributed by atoms with Gasteiger partial charge in [-0.1, -0.05) is 30.3 Å². The molecule has 0 unspecified atom stereocenters. The van der Waals surface area contributed by atoms with Crippen LogP contribution in [0.25, 0.3) is 11.3 Å². The summed E-state index contributed by atoms with van der Waals surface area (Å²) in [5.41, 5.74) is 3.06. The third-order valence-electron chi connectivity index (χ3n) is 4.94. The third-order valence-corrected chi connectivity index (χ3v) is 4.94. The van der Waals surface area contributed by atoms with E-state index in [1.54, 1.807) is 17.1 Å². The Morgan fingerprint density at radius 3 is 2.73 bits per heavy atom. The molecule has 1 saturated carbocycles. The Bertz CT molecular complexity index is 896. The van der Waals surface area contributed by atoms with Crippen LogP contribution in [0.5, 0.6) is 0 Å². The lowest BCUT2D eigenvalue weighted by atomic mass is 9.75. The monoisotopic (exact) mass is 351 g/mol. The minimum atomic E-state index is -0.287. The molecule has 3 N–H and O–H groups in total. The standard InChI is InChI=1S/C19H21N5O2/c1-24-11-14(9-21-24)17(13-7-15(25)8-13)22-19(26)16-10-20-23-18(16)12-5-3-2-4-6-12/h2-6,9-11,13,15,17,25H,7-8H2,1H3,(H,20,23)(H,22,26)/t13?,15?,17-/m1/s1. The molecule has 1 atom stereocenters. The van der Waals surface area contributed by atoms with Gasteiger partial charge in [0.05, 0.1) is 35.8 Å². The van der Waals surface area contributed by atoms with Gasteiger partial charge in [-0.2, -0.15) is 10.2 Å². The van der Waals surface area contributed by atoms with E-state index in [-0.39, 0.29) is 24.0 Å². The van der Waals surface area contributed by atoms with Crippen LogP contribution in [0.15, 0.2) is 48.9 Å². The molecule has 4 rings (SSSR count). The zero-order valence-corrected chi connectivity index (χ0v) is 14.5. The lowest BCUT2D eigenvalue weighted by molar-refractivity contribution is 0.0235. The Morgan fingerprint density at radius 2 is 2.08 bits per heavy atom. The van der Waals surface area contributed by atoms with Crippen LogP contribution < -0.4 is 5.32 Å². The Balaban J connectivity index is 1.59. The minimum Gasteiger partial charge on any atom is -0.393 e. The molecule has 0 saturated heterocycles. The van der Waals surface area contributed by atoms with E-state index in [4.69, 9.17) is 0 Å². The average Bonchev–Trinajstić information content (AvgIpc) is 3.27. The molecule has 0 spiro atoms. The van der Waals surface area contributed by atoms with Gasteiger partial charge in [0, 0.05) is 24.4 Å². The van der Waals surface area contributed by atoms with E-state index < -0.39 is 0 Å². The van der Waals surface area contributed by atoms with Gasteiger partial charge >= 0.3 is 0 Å². The number of benzene rings is 1. The normalized spacial score (nSPS) is 20.4. The molecule has 2 aromatic heterocycles. The summed E-state index contributed by atoms with van der Waals surface area (Å²) >= 11 is 0. The van der Waals surface area contributed by atoms with Crippen LogP contribution in [0.4, 0.5) is 0 Å². The first-order valence-electron chi connectivity index (χ1n) is 8.68. The minimum absolute atomic E-state index is 0.182. The predicted octanol–water partition coefficient (Wildman–Crippen LogP) is 2.05. The molecular formula is C19H21N5O2. The summed E-state index contributed by atoms with van der Waals surface area (Å²) in [5, 5.41) is 24.0. The highest BCUT2D eigenvalue weighted by molar-refractivity contribution is 5.99. The lowest BCUT2D eigenvalue weighted by Gasteiger charge is -2.37. The molecule has 7 nitrogen and oxygen atoms in total. The van der Waals surface area contributed by atoms with Gasteiger partial charge in [0.2, 0.25) is 0 Å². The van der Waals surface area contributed by atoms with Gasteiger partial charge in [-0.3, -0.25) is 14.6 Å². The fourth-order valence-corrected chi connectivity index (χ4v) is 3.48. The number of aromatic nitrogens is 4. The number of nitrogens with one attached hydrogen (secondary N) is 2. The Kier molecular flexibility index (Phi) is 4.30. The zero-order chi connectivity index (χ0) is 18.1. The van der Waals surface area contributed by atoms with Crippen molar-refractivity contribution in [3.05, 3.63) is 60.0 Å². The Labute approximate surface area is 151 Å². The van der Waals surface area contributed by atoms with Gasteiger partial charge in [-0.05, 0) is 18.8 Å². The number of aliphatic hydroxyl groups excluding tert-OH is 1. The summed E-state index contributed by atoms with van der Waals surface area (Å²) in [6, 6.07) is 9.46. The first kappa shape index (κ1) is 16.5. The largest absolute Gasteiger partial charge is 0.393 e. The summed E-state index contributed by atoms with van der Waals surface area (Å²) in [7, 11) is 1.85. The SMILES string of the molecule is Cn1cc([C@H](NC(=O)c2cn[nH]c2-c2ccccc2)C2CC(O)C2)cn1. The fourth-order valence-electron chi connectivity index (χ4n) is 3.48. The van der Waals surface area contributed by atoms with Crippen molar-refractivity contribution in [1.82, 2.24) is 25.3 Å². The molecule has 1 aliphatic carbocycles. The van der Waals surface area contributed by atoms with Crippen molar-refractivity contribution in [3.63, 3.8) is 0 Å². The number of rotatable bonds is 5. The number of aliphatic hydroxyl groups is 1. The van der Waals surface area contributed by atoms with Gasteiger partial charge in [0.25, 0.3) is 5.91 Å². The molecule has 0 bridgehead atoms. The van der Waals surface area contributed by atoms with Crippen molar-refractivity contribution in [1.29, 1.82) is 0 Å². The Hall–Kier alpha value is -2.93. The fraction of sp³-hybridized carbons (Fsp3) is 0.316. The molecule has 1 aromatic carbocycles. The predicted molar refractivity (Wildman–Crippen MR) is 96.2 cm³/mol. The first-order valence-corrected chi connectivity index (χ1v) is 8.68. The summed E-state index contributed by atoms with van der Waals surface area (Å²) in [6.07, 6.45) is 6.29. The van der Waals surface area contributed by atoms with E-state index in [1.165, 1.54) is 0 Å². The molecular weight excluding hydrogens is 330 g/mol. The Morgan fingerprint density at radius 1 is 1.31 bits per heavy atom. The van der Waals surface area contributed by atoms with Crippen molar-refractivity contribution < 1.29 is 9.90 Å². The molecule has 0 radical (unpaired) electrons. The number of hydrogen-bond acceptors (Lipinski definition) is 4. The molecule has 134 valence electrons. The van der Waals surface area contributed by atoms with Gasteiger partial charge in [0.15, 0.2) is 0 Å². The van der Waals surface area contributed by atoms with Crippen LogP contribution in [0.1, 0.15) is 34.8 Å². The van der Waals surface area contributed by atoms with E-state index in [1.807, 2.05) is 43.6 Å². The maximum atomic E-state index is 13.0. The summed E-state index contributed by atoms with van der Waals surface area (Å²) < 4.78 is 1.72. The van der Waals surface area contributed by atoms with Gasteiger partial charge in [-0.15, -0.1) is 0 Å². The second-order valence-corrected chi connectivity index (χ2v) is 6.81. The number of hydrogen-bond donors (Lipinski definition) is 3. The molecule has 7 heteroatoms. The zero-order valence-electron chi connectivity index (χ0n) is 14.5. The second-order valence-electron chi connectivity index (χ2n) is 6.81. The van der Waals surface area contributed by atoms with Gasteiger partial charge in [0.1, 0.15) is 0 Å². The van der Waals surface area contributed by atoms with Crippen LogP contribution in [0.3, 0.4) is 0 Å². The van der Waals surface area contributed by atoms with Crippen molar-refractivity contribution in [2.75, 3.05) is 0 Å². The number of aryl methyl sites for hydroxylation is 1. The quantitative estimate of drug-likeness (QED) is 0.655. The molecule has 2 heterocycles. The average molecular weight is 351 g/mol. The number of carbonyl (C=O) groups excluding carboxylic acids is 1. The molecule has 1 amide bonds. The maximum absolute atomic E-state index is 13.0. The van der Waals surface area contributed by atoms with Crippen molar-refractivity contribution >= 4 is 5.91 Å². The van der Waals surface area contributed by atoms with E-state index in [0.29, 0.717) is 24.1 Å². The van der Waals surface area contributed by atoms with Crippen molar-refractivity contribution in [3.8, 4) is 11.3 Å². The maximum Gasteiger partial charge on any atom is 0.255 e. The number of aromatic amines is 1. The number of amides is 1. The smallest absolute Gasteiger partial charge is 0.255 e. The topological polar surface area (TPSA) is 95.8 Å². The van der Waals surface area contributed by atoms with E-state index >= 15 is 0 Å². The second kappa shape index (κ2) is 6.76. The van der Waals surface area contributed by atoms with E-state index in [0.717, 1.165) is 11.1 Å². The number of nitrogens with zero attached hydrogens (tertiary/aromatic N) is 3. The molecule has 0 aliphatic heterocycles. The lowest BCUT2D eigenvalue weighted by Crippen LogP contribution is -2.41. The number of carbonyl (C=O) groups is 1. The van der Waals surface area contributed by atoms with Gasteiger partial charge in [-0.25, -0.2) is 0 Å². The summed E-state index contributed by atoms with van der Waals surface area (Å²) in [5.74, 6) is 0.0121. The van der Waals surface area contributed by atoms with Gasteiger partial charge < -0.3 is 10.4 Å². The van der Waals surface area contributed by atoms with E-state index in [2.05, 4.69) is 20.6 Å².